The molecule has 1 fully saturated rings. The number of aliphatic imine (C=N–C) groups is 1. The normalized spacial score (nSPS) is 24.5. The summed E-state index contributed by atoms with van der Waals surface area (Å²) in [4.78, 5) is 32.3. The van der Waals surface area contributed by atoms with Crippen LogP contribution in [0, 0.1) is 0 Å². The Morgan fingerprint density at radius 1 is 1.31 bits per heavy atom. The molecule has 0 saturated carbocycles. The molecule has 1 saturated heterocycles. The van der Waals surface area contributed by atoms with Crippen LogP contribution in [-0.4, -0.2) is 54.5 Å². The minimum atomic E-state index is -0.282. The van der Waals surface area contributed by atoms with Crippen molar-refractivity contribution in [2.45, 2.75) is 45.2 Å². The van der Waals surface area contributed by atoms with E-state index in [1.54, 1.807) is 18.9 Å². The molecule has 0 radical (unpaired) electrons. The number of rotatable bonds is 5. The molecule has 0 bridgehead atoms. The molecule has 6 heteroatoms. The minimum Gasteiger partial charge on any atom is -0.360 e. The van der Waals surface area contributed by atoms with Gasteiger partial charge in [0.2, 0.25) is 11.8 Å². The van der Waals surface area contributed by atoms with Gasteiger partial charge in [0.1, 0.15) is 5.82 Å². The van der Waals surface area contributed by atoms with Crippen molar-refractivity contribution in [3.8, 4) is 0 Å². The SMILES string of the molecule is C=NC1=C(/C=C(\C)C(=O)N2CC[C@H](N(C)C(C)=O)C2)C[C@](C)(c2ccccc2)N1. The first-order valence-electron chi connectivity index (χ1n) is 9.99. The van der Waals surface area contributed by atoms with Gasteiger partial charge in [0.15, 0.2) is 0 Å². The lowest BCUT2D eigenvalue weighted by Gasteiger charge is -2.26. The lowest BCUT2D eigenvalue weighted by molar-refractivity contribution is -0.131. The Balaban J connectivity index is 1.74. The number of likely N-dealkylation sites (N-methyl/N-ethyl adjacent to an activating group) is 1. The number of likely N-dealkylation sites (tertiary alicyclic amines) is 1. The smallest absolute Gasteiger partial charge is 0.249 e. The molecule has 0 aliphatic carbocycles. The lowest BCUT2D eigenvalue weighted by Crippen LogP contribution is -2.39. The standard InChI is InChI=1S/C23H30N4O2/c1-16(22(29)27-12-11-20(15-27)26(5)17(2)28)13-18-14-23(3,25-21(18)24-4)19-9-7-6-8-10-19/h6-10,13,20,25H,4,11-12,14-15H2,1-3,5H3/b16-13+/t20-,23+/m0/s1. The summed E-state index contributed by atoms with van der Waals surface area (Å²) in [6.45, 7) is 10.5. The Morgan fingerprint density at radius 3 is 2.62 bits per heavy atom. The maximum absolute atomic E-state index is 13.0. The lowest BCUT2D eigenvalue weighted by atomic mass is 9.88. The van der Waals surface area contributed by atoms with Gasteiger partial charge < -0.3 is 15.1 Å². The zero-order valence-electron chi connectivity index (χ0n) is 17.7. The Labute approximate surface area is 173 Å². The molecular weight excluding hydrogens is 364 g/mol. The molecule has 6 nitrogen and oxygen atoms in total. The highest BCUT2D eigenvalue weighted by atomic mass is 16.2. The van der Waals surface area contributed by atoms with E-state index < -0.39 is 0 Å². The zero-order valence-corrected chi connectivity index (χ0v) is 17.7. The van der Waals surface area contributed by atoms with Crippen molar-refractivity contribution >= 4 is 18.5 Å². The molecule has 0 spiro atoms. The van der Waals surface area contributed by atoms with Crippen molar-refractivity contribution in [1.82, 2.24) is 15.1 Å². The molecule has 0 unspecified atom stereocenters. The van der Waals surface area contributed by atoms with E-state index in [4.69, 9.17) is 0 Å². The second kappa shape index (κ2) is 8.23. The number of nitrogens with one attached hydrogen (secondary N) is 1. The fourth-order valence-corrected chi connectivity index (χ4v) is 4.16. The van der Waals surface area contributed by atoms with Gasteiger partial charge in [-0.2, -0.15) is 0 Å². The van der Waals surface area contributed by atoms with E-state index in [9.17, 15) is 9.59 Å². The maximum atomic E-state index is 13.0. The van der Waals surface area contributed by atoms with Crippen LogP contribution in [0.3, 0.4) is 0 Å². The first-order valence-corrected chi connectivity index (χ1v) is 9.99. The highest BCUT2D eigenvalue weighted by molar-refractivity contribution is 5.93. The van der Waals surface area contributed by atoms with Crippen LogP contribution in [0.2, 0.25) is 0 Å². The largest absolute Gasteiger partial charge is 0.360 e. The van der Waals surface area contributed by atoms with Crippen molar-refractivity contribution in [1.29, 1.82) is 0 Å². The molecule has 1 aromatic carbocycles. The molecule has 2 amide bonds. The molecule has 2 atom stereocenters. The van der Waals surface area contributed by atoms with Crippen LogP contribution in [0.1, 0.15) is 39.2 Å². The van der Waals surface area contributed by atoms with Crippen molar-refractivity contribution in [3.63, 3.8) is 0 Å². The van der Waals surface area contributed by atoms with Gasteiger partial charge in [-0.1, -0.05) is 30.3 Å². The molecule has 3 rings (SSSR count). The molecule has 154 valence electrons. The van der Waals surface area contributed by atoms with Gasteiger partial charge in [-0.3, -0.25) is 9.59 Å². The third-order valence-corrected chi connectivity index (χ3v) is 6.03. The van der Waals surface area contributed by atoms with Crippen molar-refractivity contribution < 1.29 is 9.59 Å². The third kappa shape index (κ3) is 4.26. The predicted molar refractivity (Wildman–Crippen MR) is 115 cm³/mol. The zero-order chi connectivity index (χ0) is 21.2. The maximum Gasteiger partial charge on any atom is 0.249 e. The number of hydrogen-bond acceptors (Lipinski definition) is 4. The van der Waals surface area contributed by atoms with E-state index in [0.717, 1.165) is 24.2 Å². The fourth-order valence-electron chi connectivity index (χ4n) is 4.16. The van der Waals surface area contributed by atoms with E-state index in [-0.39, 0.29) is 23.4 Å². The molecule has 0 aromatic heterocycles. The van der Waals surface area contributed by atoms with E-state index in [1.807, 2.05) is 36.1 Å². The van der Waals surface area contributed by atoms with Gasteiger partial charge in [0.25, 0.3) is 0 Å². The van der Waals surface area contributed by atoms with Gasteiger partial charge in [0, 0.05) is 39.1 Å². The monoisotopic (exact) mass is 394 g/mol. The second-order valence-corrected chi connectivity index (χ2v) is 8.18. The van der Waals surface area contributed by atoms with E-state index in [2.05, 4.69) is 36.1 Å². The molecule has 2 aliphatic rings. The molecule has 2 aliphatic heterocycles. The van der Waals surface area contributed by atoms with Crippen LogP contribution in [0.4, 0.5) is 0 Å². The quantitative estimate of drug-likeness (QED) is 0.617. The number of amides is 2. The summed E-state index contributed by atoms with van der Waals surface area (Å²) in [6.07, 6.45) is 3.46. The number of carbonyl (C=O) groups excluding carboxylic acids is 2. The first kappa shape index (κ1) is 20.8. The number of carbonyl (C=O) groups is 2. The van der Waals surface area contributed by atoms with Crippen LogP contribution in [0.15, 0.2) is 58.4 Å². The summed E-state index contributed by atoms with van der Waals surface area (Å²) in [5, 5.41) is 3.47. The van der Waals surface area contributed by atoms with Crippen LogP contribution < -0.4 is 5.32 Å². The van der Waals surface area contributed by atoms with E-state index in [1.165, 1.54) is 5.56 Å². The van der Waals surface area contributed by atoms with Crippen LogP contribution in [0.25, 0.3) is 0 Å². The Hall–Kier alpha value is -2.89. The van der Waals surface area contributed by atoms with Crippen molar-refractivity contribution in [2.24, 2.45) is 4.99 Å². The van der Waals surface area contributed by atoms with Crippen molar-refractivity contribution in [3.05, 3.63) is 58.9 Å². The summed E-state index contributed by atoms with van der Waals surface area (Å²) < 4.78 is 0. The highest BCUT2D eigenvalue weighted by Gasteiger charge is 2.35. The molecule has 29 heavy (non-hydrogen) atoms. The summed E-state index contributed by atoms with van der Waals surface area (Å²) in [5.74, 6) is 0.758. The van der Waals surface area contributed by atoms with Gasteiger partial charge in [0.05, 0.1) is 11.6 Å². The molecule has 1 aromatic rings. The topological polar surface area (TPSA) is 65.0 Å². The first-order chi connectivity index (χ1) is 13.7. The number of nitrogens with zero attached hydrogens (tertiary/aromatic N) is 3. The van der Waals surface area contributed by atoms with Gasteiger partial charge in [-0.15, -0.1) is 0 Å². The molecule has 2 heterocycles. The molecular formula is C23H30N4O2. The summed E-state index contributed by atoms with van der Waals surface area (Å²) in [6, 6.07) is 10.3. The molecule has 1 N–H and O–H groups in total. The predicted octanol–water partition coefficient (Wildman–Crippen LogP) is 2.83. The van der Waals surface area contributed by atoms with Crippen LogP contribution >= 0.6 is 0 Å². The summed E-state index contributed by atoms with van der Waals surface area (Å²) in [7, 11) is 1.80. The average Bonchev–Trinajstić information content (AvgIpc) is 3.32. The van der Waals surface area contributed by atoms with Gasteiger partial charge in [-0.25, -0.2) is 4.99 Å². The van der Waals surface area contributed by atoms with Crippen molar-refractivity contribution in [2.75, 3.05) is 20.1 Å². The van der Waals surface area contributed by atoms with Gasteiger partial charge >= 0.3 is 0 Å². The van der Waals surface area contributed by atoms with Gasteiger partial charge in [-0.05, 0) is 44.2 Å². The second-order valence-electron chi connectivity index (χ2n) is 8.18. The summed E-state index contributed by atoms with van der Waals surface area (Å²) in [5.41, 5.74) is 2.54. The Kier molecular flexibility index (Phi) is 5.91. The average molecular weight is 395 g/mol. The minimum absolute atomic E-state index is 0.00804. The number of allylic oxidation sites excluding steroid dienone is 1. The summed E-state index contributed by atoms with van der Waals surface area (Å²) >= 11 is 0. The third-order valence-electron chi connectivity index (χ3n) is 6.03. The van der Waals surface area contributed by atoms with Crippen LogP contribution in [0.5, 0.6) is 0 Å². The van der Waals surface area contributed by atoms with Crippen LogP contribution in [-0.2, 0) is 15.1 Å². The fraction of sp³-hybridized carbons (Fsp3) is 0.435. The highest BCUT2D eigenvalue weighted by Crippen LogP contribution is 2.37. The Bertz CT molecular complexity index is 874. The number of benzene rings is 1. The van der Waals surface area contributed by atoms with E-state index >= 15 is 0 Å². The van der Waals surface area contributed by atoms with E-state index in [0.29, 0.717) is 18.7 Å². The number of hydrogen-bond donors (Lipinski definition) is 1. The Morgan fingerprint density at radius 2 is 2.00 bits per heavy atom.